The van der Waals surface area contributed by atoms with E-state index in [9.17, 15) is 4.79 Å². The molecule has 0 aliphatic heterocycles. The van der Waals surface area contributed by atoms with E-state index in [0.29, 0.717) is 24.6 Å². The van der Waals surface area contributed by atoms with Crippen molar-refractivity contribution in [1.29, 1.82) is 0 Å². The van der Waals surface area contributed by atoms with Gasteiger partial charge in [-0.3, -0.25) is 9.79 Å². The quantitative estimate of drug-likeness (QED) is 0.294. The van der Waals surface area contributed by atoms with Crippen LogP contribution in [0.15, 0.2) is 71.7 Å². The highest BCUT2D eigenvalue weighted by molar-refractivity contribution is 6.12. The first kappa shape index (κ1) is 24.3. The van der Waals surface area contributed by atoms with Crippen molar-refractivity contribution in [3.8, 4) is 11.1 Å². The van der Waals surface area contributed by atoms with Crippen LogP contribution < -0.4 is 5.32 Å². The standard InChI is InChI=1S/C27H30N2O4/c1-19-7-4-5-10-24(19)25-12-11-22(16-23(25)18-32-3)27(31)29-26(28-2)21-9-6-8-20(15-21)17-33-14-13-30/h4-12,15-16,30H,13-14,17-18H2,1-3H3,(H,28,29,31). The predicted octanol–water partition coefficient (Wildman–Crippen LogP) is 4.12. The van der Waals surface area contributed by atoms with E-state index in [4.69, 9.17) is 14.6 Å². The van der Waals surface area contributed by atoms with Gasteiger partial charge in [-0.1, -0.05) is 48.5 Å². The first-order chi connectivity index (χ1) is 16.1. The van der Waals surface area contributed by atoms with E-state index in [1.807, 2.05) is 54.6 Å². The molecule has 0 saturated carbocycles. The zero-order valence-corrected chi connectivity index (χ0v) is 19.3. The third kappa shape index (κ3) is 6.35. The van der Waals surface area contributed by atoms with Crippen molar-refractivity contribution in [1.82, 2.24) is 5.32 Å². The number of amidine groups is 1. The van der Waals surface area contributed by atoms with E-state index in [-0.39, 0.29) is 19.1 Å². The number of carbonyl (C=O) groups is 1. The number of aryl methyl sites for hydroxylation is 1. The van der Waals surface area contributed by atoms with Crippen LogP contribution in [-0.4, -0.2) is 44.2 Å². The Labute approximate surface area is 194 Å². The summed E-state index contributed by atoms with van der Waals surface area (Å²) < 4.78 is 10.8. The zero-order valence-electron chi connectivity index (χ0n) is 19.3. The van der Waals surface area contributed by atoms with Crippen molar-refractivity contribution in [2.45, 2.75) is 20.1 Å². The van der Waals surface area contributed by atoms with Gasteiger partial charge < -0.3 is 19.9 Å². The van der Waals surface area contributed by atoms with Gasteiger partial charge in [0.15, 0.2) is 0 Å². The van der Waals surface area contributed by atoms with Gasteiger partial charge in [0.2, 0.25) is 0 Å². The number of aliphatic hydroxyl groups excluding tert-OH is 1. The van der Waals surface area contributed by atoms with Crippen molar-refractivity contribution < 1.29 is 19.4 Å². The molecule has 0 saturated heterocycles. The molecule has 0 atom stereocenters. The fraction of sp³-hybridized carbons (Fsp3) is 0.259. The summed E-state index contributed by atoms with van der Waals surface area (Å²) in [6.07, 6.45) is 0. The Hall–Kier alpha value is -3.32. The number of aliphatic imine (C=N–C) groups is 1. The number of aliphatic hydroxyl groups is 1. The highest BCUT2D eigenvalue weighted by Gasteiger charge is 2.15. The molecule has 3 rings (SSSR count). The van der Waals surface area contributed by atoms with Crippen LogP contribution in [0, 0.1) is 6.92 Å². The van der Waals surface area contributed by atoms with Gasteiger partial charge in [0.25, 0.3) is 5.91 Å². The molecule has 0 aliphatic carbocycles. The van der Waals surface area contributed by atoms with Crippen molar-refractivity contribution in [3.05, 3.63) is 94.5 Å². The Kier molecular flexibility index (Phi) is 8.89. The second kappa shape index (κ2) is 12.1. The molecule has 0 aliphatic rings. The van der Waals surface area contributed by atoms with E-state index in [0.717, 1.165) is 33.4 Å². The minimum absolute atomic E-state index is 0.0227. The summed E-state index contributed by atoms with van der Waals surface area (Å²) in [5, 5.41) is 11.8. The number of rotatable bonds is 9. The number of methoxy groups -OCH3 is 1. The molecular formula is C27H30N2O4. The maximum Gasteiger partial charge on any atom is 0.256 e. The lowest BCUT2D eigenvalue weighted by Crippen LogP contribution is -2.31. The molecule has 3 aromatic rings. The van der Waals surface area contributed by atoms with Crippen LogP contribution in [0.1, 0.15) is 32.6 Å². The first-order valence-electron chi connectivity index (χ1n) is 10.8. The lowest BCUT2D eigenvalue weighted by molar-refractivity contribution is 0.0815. The number of nitrogens with one attached hydrogen (secondary N) is 1. The molecule has 0 unspecified atom stereocenters. The largest absolute Gasteiger partial charge is 0.394 e. The molecule has 0 radical (unpaired) electrons. The number of nitrogens with zero attached hydrogens (tertiary/aromatic N) is 1. The average Bonchev–Trinajstić information content (AvgIpc) is 2.83. The van der Waals surface area contributed by atoms with Crippen LogP contribution in [0.5, 0.6) is 0 Å². The highest BCUT2D eigenvalue weighted by Crippen LogP contribution is 2.28. The van der Waals surface area contributed by atoms with Gasteiger partial charge in [0.05, 0.1) is 26.4 Å². The lowest BCUT2D eigenvalue weighted by Gasteiger charge is -2.14. The predicted molar refractivity (Wildman–Crippen MR) is 130 cm³/mol. The zero-order chi connectivity index (χ0) is 23.6. The highest BCUT2D eigenvalue weighted by atomic mass is 16.5. The Morgan fingerprint density at radius 2 is 1.79 bits per heavy atom. The van der Waals surface area contributed by atoms with Gasteiger partial charge >= 0.3 is 0 Å². The van der Waals surface area contributed by atoms with E-state index in [1.54, 1.807) is 14.2 Å². The molecule has 1 amide bonds. The van der Waals surface area contributed by atoms with Crippen molar-refractivity contribution in [2.75, 3.05) is 27.4 Å². The molecule has 33 heavy (non-hydrogen) atoms. The molecule has 6 heteroatoms. The molecule has 0 heterocycles. The Morgan fingerprint density at radius 1 is 0.970 bits per heavy atom. The van der Waals surface area contributed by atoms with Crippen molar-refractivity contribution in [2.24, 2.45) is 4.99 Å². The van der Waals surface area contributed by atoms with E-state index in [1.165, 1.54) is 0 Å². The van der Waals surface area contributed by atoms with Crippen LogP contribution >= 0.6 is 0 Å². The van der Waals surface area contributed by atoms with Crippen LogP contribution in [0.2, 0.25) is 0 Å². The minimum atomic E-state index is -0.244. The van der Waals surface area contributed by atoms with Gasteiger partial charge in [-0.25, -0.2) is 0 Å². The molecule has 0 fully saturated rings. The Bertz CT molecular complexity index is 1120. The summed E-state index contributed by atoms with van der Waals surface area (Å²) >= 11 is 0. The molecule has 6 nitrogen and oxygen atoms in total. The fourth-order valence-electron chi connectivity index (χ4n) is 3.65. The Balaban J connectivity index is 1.82. The van der Waals surface area contributed by atoms with E-state index < -0.39 is 0 Å². The van der Waals surface area contributed by atoms with Crippen LogP contribution in [0.4, 0.5) is 0 Å². The van der Waals surface area contributed by atoms with Gasteiger partial charge in [-0.2, -0.15) is 0 Å². The SMILES string of the molecule is C/N=C(\NC(=O)c1ccc(-c2ccccc2C)c(COC)c1)c1cccc(COCCO)c1. The average molecular weight is 447 g/mol. The van der Waals surface area contributed by atoms with E-state index >= 15 is 0 Å². The maximum atomic E-state index is 13.1. The summed E-state index contributed by atoms with van der Waals surface area (Å²) in [5.74, 6) is 0.228. The lowest BCUT2D eigenvalue weighted by atomic mass is 9.94. The normalized spacial score (nSPS) is 11.5. The summed E-state index contributed by atoms with van der Waals surface area (Å²) in [6.45, 7) is 3.10. The van der Waals surface area contributed by atoms with Gasteiger partial charge in [-0.15, -0.1) is 0 Å². The monoisotopic (exact) mass is 446 g/mol. The number of benzene rings is 3. The molecule has 0 bridgehead atoms. The molecule has 2 N–H and O–H groups in total. The van der Waals surface area contributed by atoms with Crippen LogP contribution in [-0.2, 0) is 22.7 Å². The summed E-state index contributed by atoms with van der Waals surface area (Å²) in [5.41, 5.74) is 6.51. The smallest absolute Gasteiger partial charge is 0.256 e. The van der Waals surface area contributed by atoms with E-state index in [2.05, 4.69) is 29.4 Å². The number of amides is 1. The summed E-state index contributed by atoms with van der Waals surface area (Å²) in [7, 11) is 3.29. The number of hydrogen-bond acceptors (Lipinski definition) is 5. The molecule has 3 aromatic carbocycles. The van der Waals surface area contributed by atoms with Gasteiger partial charge in [0.1, 0.15) is 5.84 Å². The Morgan fingerprint density at radius 3 is 2.52 bits per heavy atom. The first-order valence-corrected chi connectivity index (χ1v) is 10.8. The number of carbonyl (C=O) groups excluding carboxylic acids is 1. The molecule has 0 spiro atoms. The number of ether oxygens (including phenoxy) is 2. The molecular weight excluding hydrogens is 416 g/mol. The maximum absolute atomic E-state index is 13.1. The van der Waals surface area contributed by atoms with Crippen LogP contribution in [0.25, 0.3) is 11.1 Å². The number of hydrogen-bond donors (Lipinski definition) is 2. The second-order valence-corrected chi connectivity index (χ2v) is 7.62. The third-order valence-corrected chi connectivity index (χ3v) is 5.26. The fourth-order valence-corrected chi connectivity index (χ4v) is 3.65. The van der Waals surface area contributed by atoms with Crippen molar-refractivity contribution in [3.63, 3.8) is 0 Å². The minimum Gasteiger partial charge on any atom is -0.394 e. The molecule has 172 valence electrons. The second-order valence-electron chi connectivity index (χ2n) is 7.62. The van der Waals surface area contributed by atoms with Gasteiger partial charge in [-0.05, 0) is 52.9 Å². The topological polar surface area (TPSA) is 80.2 Å². The van der Waals surface area contributed by atoms with Crippen molar-refractivity contribution >= 4 is 11.7 Å². The third-order valence-electron chi connectivity index (χ3n) is 5.26. The van der Waals surface area contributed by atoms with Crippen LogP contribution in [0.3, 0.4) is 0 Å². The molecule has 0 aromatic heterocycles. The summed E-state index contributed by atoms with van der Waals surface area (Å²) in [6, 6.07) is 21.4. The summed E-state index contributed by atoms with van der Waals surface area (Å²) in [4.78, 5) is 17.3. The van der Waals surface area contributed by atoms with Gasteiger partial charge in [0, 0.05) is 25.3 Å².